The van der Waals surface area contributed by atoms with Crippen LogP contribution in [0.5, 0.6) is 0 Å². The second-order valence-corrected chi connectivity index (χ2v) is 7.68. The lowest BCUT2D eigenvalue weighted by molar-refractivity contribution is -0.118. The van der Waals surface area contributed by atoms with Crippen molar-refractivity contribution in [1.82, 2.24) is 0 Å². The molecule has 2 heteroatoms. The van der Waals surface area contributed by atoms with E-state index in [0.29, 0.717) is 11.8 Å². The number of hydrogen-bond donors (Lipinski definition) is 1. The molecule has 0 amide bonds. The topological polar surface area (TPSA) is 44.0 Å². The fourth-order valence-corrected chi connectivity index (χ4v) is 4.56. The Morgan fingerprint density at radius 1 is 1.20 bits per heavy atom. The van der Waals surface area contributed by atoms with E-state index < -0.39 is 11.0 Å². The molecule has 0 bridgehead atoms. The third-order valence-electron chi connectivity index (χ3n) is 6.35. The quantitative estimate of drug-likeness (QED) is 0.814. The van der Waals surface area contributed by atoms with Gasteiger partial charge in [-0.2, -0.15) is 5.26 Å². The normalized spacial score (nSPS) is 42.4. The summed E-state index contributed by atoms with van der Waals surface area (Å²) in [5.41, 5.74) is -1.19. The Labute approximate surface area is 124 Å². The molecular weight excluding hydrogens is 246 g/mol. The second-order valence-electron chi connectivity index (χ2n) is 7.68. The number of aliphatic hydroxyl groups is 1. The van der Waals surface area contributed by atoms with Gasteiger partial charge in [0.05, 0.1) is 17.1 Å². The van der Waals surface area contributed by atoms with E-state index >= 15 is 0 Å². The summed E-state index contributed by atoms with van der Waals surface area (Å²) in [6, 6.07) is 2.58. The monoisotopic (exact) mass is 277 g/mol. The third kappa shape index (κ3) is 2.75. The zero-order chi connectivity index (χ0) is 14.8. The highest BCUT2D eigenvalue weighted by Crippen LogP contribution is 2.53. The summed E-state index contributed by atoms with van der Waals surface area (Å²) >= 11 is 0. The summed E-state index contributed by atoms with van der Waals surface area (Å²) in [4.78, 5) is 0. The van der Waals surface area contributed by atoms with Gasteiger partial charge < -0.3 is 5.11 Å². The van der Waals surface area contributed by atoms with Crippen molar-refractivity contribution < 1.29 is 5.11 Å². The first-order valence-corrected chi connectivity index (χ1v) is 8.60. The maximum Gasteiger partial charge on any atom is 0.0860 e. The summed E-state index contributed by atoms with van der Waals surface area (Å²) in [5.74, 6) is 1.97. The Morgan fingerprint density at radius 2 is 1.85 bits per heavy atom. The fraction of sp³-hybridized carbons (Fsp3) is 0.944. The van der Waals surface area contributed by atoms with Crippen LogP contribution in [0.2, 0.25) is 0 Å². The molecule has 0 radical (unpaired) electrons. The molecule has 2 aliphatic rings. The van der Waals surface area contributed by atoms with Crippen molar-refractivity contribution in [3.63, 3.8) is 0 Å². The van der Waals surface area contributed by atoms with Gasteiger partial charge in [-0.1, -0.05) is 33.6 Å². The van der Waals surface area contributed by atoms with Gasteiger partial charge in [-0.3, -0.25) is 0 Å². The first-order chi connectivity index (χ1) is 9.46. The van der Waals surface area contributed by atoms with Gasteiger partial charge in [0.2, 0.25) is 0 Å². The molecule has 2 fully saturated rings. The van der Waals surface area contributed by atoms with Crippen LogP contribution in [0.25, 0.3) is 0 Å². The molecule has 0 saturated heterocycles. The summed E-state index contributed by atoms with van der Waals surface area (Å²) in [5, 5.41) is 21.1. The Hall–Kier alpha value is -0.550. The molecule has 2 unspecified atom stereocenters. The molecule has 0 aromatic carbocycles. The largest absolute Gasteiger partial charge is 0.388 e. The van der Waals surface area contributed by atoms with Crippen LogP contribution >= 0.6 is 0 Å². The van der Waals surface area contributed by atoms with E-state index in [0.717, 1.165) is 50.9 Å². The van der Waals surface area contributed by atoms with Crippen LogP contribution in [-0.2, 0) is 0 Å². The maximum absolute atomic E-state index is 11.3. The minimum absolute atomic E-state index is 0.466. The van der Waals surface area contributed by atoms with Crippen molar-refractivity contribution in [2.24, 2.45) is 23.2 Å². The number of nitriles is 1. The SMILES string of the molecule is CCC1CCC(C#N)(C2(O)CCCC(C(C)C)C2)CC1. The van der Waals surface area contributed by atoms with Crippen molar-refractivity contribution >= 4 is 0 Å². The molecule has 0 spiro atoms. The Kier molecular flexibility index (Phi) is 4.80. The fourth-order valence-electron chi connectivity index (χ4n) is 4.56. The van der Waals surface area contributed by atoms with E-state index in [4.69, 9.17) is 0 Å². The van der Waals surface area contributed by atoms with Crippen molar-refractivity contribution in [2.75, 3.05) is 0 Å². The molecule has 0 aromatic heterocycles. The molecule has 2 saturated carbocycles. The van der Waals surface area contributed by atoms with Gasteiger partial charge in [0, 0.05) is 0 Å². The first-order valence-electron chi connectivity index (χ1n) is 8.60. The van der Waals surface area contributed by atoms with Crippen LogP contribution in [0.1, 0.15) is 78.6 Å². The number of nitrogens with zero attached hydrogens (tertiary/aromatic N) is 1. The summed E-state index contributed by atoms with van der Waals surface area (Å²) in [6.07, 6.45) is 9.26. The molecule has 2 nitrogen and oxygen atoms in total. The van der Waals surface area contributed by atoms with E-state index in [9.17, 15) is 10.4 Å². The van der Waals surface area contributed by atoms with Crippen molar-refractivity contribution in [3.8, 4) is 6.07 Å². The van der Waals surface area contributed by atoms with Crippen LogP contribution in [0.3, 0.4) is 0 Å². The highest BCUT2D eigenvalue weighted by molar-refractivity contribution is 5.14. The van der Waals surface area contributed by atoms with Gasteiger partial charge in [0.15, 0.2) is 0 Å². The van der Waals surface area contributed by atoms with Gasteiger partial charge >= 0.3 is 0 Å². The van der Waals surface area contributed by atoms with E-state index in [1.807, 2.05) is 0 Å². The van der Waals surface area contributed by atoms with Gasteiger partial charge in [0.1, 0.15) is 0 Å². The number of hydrogen-bond acceptors (Lipinski definition) is 2. The lowest BCUT2D eigenvalue weighted by Crippen LogP contribution is -2.52. The third-order valence-corrected chi connectivity index (χ3v) is 6.35. The van der Waals surface area contributed by atoms with Gasteiger partial charge in [-0.15, -0.1) is 0 Å². The molecule has 114 valence electrons. The molecule has 0 heterocycles. The molecule has 2 atom stereocenters. The van der Waals surface area contributed by atoms with Gasteiger partial charge in [0.25, 0.3) is 0 Å². The molecule has 0 aliphatic heterocycles. The molecule has 2 aliphatic carbocycles. The Balaban J connectivity index is 2.16. The summed E-state index contributed by atoms with van der Waals surface area (Å²) < 4.78 is 0. The van der Waals surface area contributed by atoms with Crippen molar-refractivity contribution in [2.45, 2.75) is 84.2 Å². The zero-order valence-electron chi connectivity index (χ0n) is 13.5. The van der Waals surface area contributed by atoms with Crippen LogP contribution in [0, 0.1) is 34.5 Å². The minimum atomic E-state index is -0.729. The predicted molar refractivity (Wildman–Crippen MR) is 82.0 cm³/mol. The average Bonchev–Trinajstić information content (AvgIpc) is 2.47. The lowest BCUT2D eigenvalue weighted by atomic mass is 9.56. The van der Waals surface area contributed by atoms with E-state index in [-0.39, 0.29) is 0 Å². The summed E-state index contributed by atoms with van der Waals surface area (Å²) in [6.45, 7) is 6.75. The lowest BCUT2D eigenvalue weighted by Gasteiger charge is -2.50. The summed E-state index contributed by atoms with van der Waals surface area (Å²) in [7, 11) is 0. The highest BCUT2D eigenvalue weighted by Gasteiger charge is 2.53. The molecule has 2 rings (SSSR count). The number of rotatable bonds is 3. The van der Waals surface area contributed by atoms with Gasteiger partial charge in [-0.25, -0.2) is 0 Å². The Bertz CT molecular complexity index is 362. The molecular formula is C18H31NO. The van der Waals surface area contributed by atoms with Crippen LogP contribution in [0.4, 0.5) is 0 Å². The van der Waals surface area contributed by atoms with E-state index in [2.05, 4.69) is 26.8 Å². The van der Waals surface area contributed by atoms with Crippen LogP contribution in [0.15, 0.2) is 0 Å². The van der Waals surface area contributed by atoms with E-state index in [1.165, 1.54) is 12.8 Å². The smallest absolute Gasteiger partial charge is 0.0860 e. The van der Waals surface area contributed by atoms with E-state index in [1.54, 1.807) is 0 Å². The standard InChI is InChI=1S/C18H31NO/c1-4-15-7-10-17(13-19,11-8-15)18(20)9-5-6-16(12-18)14(2)3/h14-16,20H,4-12H2,1-3H3. The van der Waals surface area contributed by atoms with Crippen molar-refractivity contribution in [3.05, 3.63) is 0 Å². The predicted octanol–water partition coefficient (Wildman–Crippen LogP) is 4.67. The zero-order valence-corrected chi connectivity index (χ0v) is 13.5. The molecule has 20 heavy (non-hydrogen) atoms. The van der Waals surface area contributed by atoms with Crippen LogP contribution < -0.4 is 0 Å². The first kappa shape index (κ1) is 15.8. The van der Waals surface area contributed by atoms with Crippen molar-refractivity contribution in [1.29, 1.82) is 5.26 Å². The molecule has 1 N–H and O–H groups in total. The molecule has 0 aromatic rings. The maximum atomic E-state index is 11.3. The highest BCUT2D eigenvalue weighted by atomic mass is 16.3. The average molecular weight is 277 g/mol. The Morgan fingerprint density at radius 3 is 2.35 bits per heavy atom. The second kappa shape index (κ2) is 6.06. The minimum Gasteiger partial charge on any atom is -0.388 e. The van der Waals surface area contributed by atoms with Crippen LogP contribution in [-0.4, -0.2) is 10.7 Å². The van der Waals surface area contributed by atoms with Gasteiger partial charge in [-0.05, 0) is 62.7 Å².